The predicted molar refractivity (Wildman–Crippen MR) is 123 cm³/mol. The molecule has 166 valence electrons. The summed E-state index contributed by atoms with van der Waals surface area (Å²) < 4.78 is 13.1. The summed E-state index contributed by atoms with van der Waals surface area (Å²) >= 11 is 0. The van der Waals surface area contributed by atoms with Gasteiger partial charge in [0.25, 0.3) is 0 Å². The van der Waals surface area contributed by atoms with Crippen molar-refractivity contribution < 1.29 is 14.3 Å². The van der Waals surface area contributed by atoms with E-state index in [-0.39, 0.29) is 12.5 Å². The molecular weight excluding hydrogens is 390 g/mol. The van der Waals surface area contributed by atoms with E-state index in [0.29, 0.717) is 13.2 Å². The topological polar surface area (TPSA) is 65.4 Å². The Morgan fingerprint density at radius 3 is 2.68 bits per heavy atom. The number of ether oxygens (including phenoxy) is 2. The van der Waals surface area contributed by atoms with Crippen LogP contribution in [0.1, 0.15) is 37.1 Å². The Hall–Kier alpha value is -2.86. The van der Waals surface area contributed by atoms with E-state index in [2.05, 4.69) is 41.1 Å². The number of aryl methyl sites for hydroxylation is 3. The molecule has 2 aromatic carbocycles. The van der Waals surface area contributed by atoms with Crippen LogP contribution < -0.4 is 10.1 Å². The lowest BCUT2D eigenvalue weighted by Gasteiger charge is -2.12. The smallest absolute Gasteiger partial charge is 0.245 e. The van der Waals surface area contributed by atoms with E-state index in [1.165, 1.54) is 12.6 Å². The molecule has 3 rings (SSSR count). The van der Waals surface area contributed by atoms with Gasteiger partial charge in [-0.25, -0.2) is 4.98 Å². The van der Waals surface area contributed by atoms with E-state index >= 15 is 0 Å². The molecule has 3 aromatic rings. The molecule has 0 aliphatic rings. The van der Waals surface area contributed by atoms with Gasteiger partial charge in [-0.3, -0.25) is 4.79 Å². The van der Waals surface area contributed by atoms with Crippen molar-refractivity contribution in [2.45, 2.75) is 45.6 Å². The van der Waals surface area contributed by atoms with Crippen LogP contribution in [0.4, 0.5) is 0 Å². The Morgan fingerprint density at radius 2 is 1.84 bits per heavy atom. The predicted octanol–water partition coefficient (Wildman–Crippen LogP) is 4.29. The average Bonchev–Trinajstić information content (AvgIpc) is 3.12. The van der Waals surface area contributed by atoms with Crippen LogP contribution in [0.2, 0.25) is 0 Å². The maximum Gasteiger partial charge on any atom is 0.245 e. The maximum atomic E-state index is 11.4. The number of benzene rings is 2. The van der Waals surface area contributed by atoms with Crippen molar-refractivity contribution in [3.05, 3.63) is 59.9 Å². The normalized spacial score (nSPS) is 11.0. The number of aromatic nitrogens is 2. The summed E-state index contributed by atoms with van der Waals surface area (Å²) in [6.45, 7) is 4.44. The summed E-state index contributed by atoms with van der Waals surface area (Å²) in [4.78, 5) is 16.3. The van der Waals surface area contributed by atoms with E-state index in [1.54, 1.807) is 0 Å². The van der Waals surface area contributed by atoms with Gasteiger partial charge in [-0.2, -0.15) is 0 Å². The van der Waals surface area contributed by atoms with Gasteiger partial charge in [-0.15, -0.1) is 0 Å². The first-order valence-electron chi connectivity index (χ1n) is 11.1. The van der Waals surface area contributed by atoms with Gasteiger partial charge in [-0.05, 0) is 49.9 Å². The molecule has 0 unspecified atom stereocenters. The lowest BCUT2D eigenvalue weighted by atomic mass is 10.2. The summed E-state index contributed by atoms with van der Waals surface area (Å²) in [5.74, 6) is 2.02. The summed E-state index contributed by atoms with van der Waals surface area (Å²) in [5.41, 5.74) is 3.39. The third-order valence-corrected chi connectivity index (χ3v) is 5.29. The minimum atomic E-state index is -0.0581. The van der Waals surface area contributed by atoms with Gasteiger partial charge < -0.3 is 19.4 Å². The first-order chi connectivity index (χ1) is 15.2. The van der Waals surface area contributed by atoms with Crippen LogP contribution in [0.3, 0.4) is 0 Å². The summed E-state index contributed by atoms with van der Waals surface area (Å²) in [6, 6.07) is 16.4. The van der Waals surface area contributed by atoms with Gasteiger partial charge in [0, 0.05) is 26.6 Å². The fraction of sp³-hybridized carbons (Fsp3) is 0.440. The molecule has 0 radical (unpaired) electrons. The van der Waals surface area contributed by atoms with E-state index in [1.807, 2.05) is 24.3 Å². The van der Waals surface area contributed by atoms with Crippen molar-refractivity contribution in [1.29, 1.82) is 0 Å². The minimum Gasteiger partial charge on any atom is -0.493 e. The molecule has 1 aromatic heterocycles. The molecule has 1 amide bonds. The van der Waals surface area contributed by atoms with E-state index in [4.69, 9.17) is 14.5 Å². The Morgan fingerprint density at radius 1 is 1.03 bits per heavy atom. The average molecular weight is 424 g/mol. The van der Waals surface area contributed by atoms with Gasteiger partial charge in [0.1, 0.15) is 18.2 Å². The highest BCUT2D eigenvalue weighted by Crippen LogP contribution is 2.19. The van der Waals surface area contributed by atoms with Crippen LogP contribution in [0.5, 0.6) is 5.75 Å². The quantitative estimate of drug-likeness (QED) is 0.417. The Labute approximate surface area is 184 Å². The number of carbonyl (C=O) groups excluding carboxylic acids is 1. The molecule has 31 heavy (non-hydrogen) atoms. The lowest BCUT2D eigenvalue weighted by Crippen LogP contribution is -2.27. The number of carbonyl (C=O) groups is 1. The molecule has 0 saturated carbocycles. The minimum absolute atomic E-state index is 0.0581. The highest BCUT2D eigenvalue weighted by Gasteiger charge is 2.10. The number of rotatable bonds is 13. The Balaban J connectivity index is 1.50. The third kappa shape index (κ3) is 6.82. The molecule has 6 heteroatoms. The first-order valence-corrected chi connectivity index (χ1v) is 11.1. The Bertz CT molecular complexity index is 968. The van der Waals surface area contributed by atoms with Crippen LogP contribution in [0, 0.1) is 6.92 Å². The maximum absolute atomic E-state index is 11.4. The number of imidazole rings is 1. The number of fused-ring (bicyclic) bond motifs is 1. The zero-order chi connectivity index (χ0) is 21.9. The number of unbranched alkanes of at least 4 members (excludes halogenated alkanes) is 2. The van der Waals surface area contributed by atoms with Gasteiger partial charge >= 0.3 is 0 Å². The zero-order valence-electron chi connectivity index (χ0n) is 18.6. The van der Waals surface area contributed by atoms with Crippen molar-refractivity contribution in [2.75, 3.05) is 26.9 Å². The fourth-order valence-electron chi connectivity index (χ4n) is 3.68. The van der Waals surface area contributed by atoms with Crippen LogP contribution in [0.15, 0.2) is 48.5 Å². The number of hydrogen-bond donors (Lipinski definition) is 1. The highest BCUT2D eigenvalue weighted by molar-refractivity contribution is 5.77. The SMILES string of the molecule is COCC(=O)NCCCCCc1nc2ccccc2n1CCCOc1ccccc1C. The number of nitrogens with zero attached hydrogens (tertiary/aromatic N) is 2. The largest absolute Gasteiger partial charge is 0.493 e. The number of methoxy groups -OCH3 is 1. The molecule has 0 atom stereocenters. The second-order valence-electron chi connectivity index (χ2n) is 7.73. The molecule has 1 heterocycles. The lowest BCUT2D eigenvalue weighted by molar-refractivity contribution is -0.124. The van der Waals surface area contributed by atoms with E-state index < -0.39 is 0 Å². The molecule has 1 N–H and O–H groups in total. The van der Waals surface area contributed by atoms with Crippen LogP contribution in [-0.2, 0) is 22.5 Å². The third-order valence-electron chi connectivity index (χ3n) is 5.29. The second-order valence-corrected chi connectivity index (χ2v) is 7.73. The standard InChI is InChI=1S/C25H33N3O3/c1-20-11-5-8-14-23(20)31-18-10-17-28-22-13-7-6-12-21(22)27-24(28)15-4-3-9-16-26-25(29)19-30-2/h5-8,11-14H,3-4,9-10,15-19H2,1-2H3,(H,26,29). The summed E-state index contributed by atoms with van der Waals surface area (Å²) in [5, 5.41) is 2.87. The van der Waals surface area contributed by atoms with Crippen molar-refractivity contribution >= 4 is 16.9 Å². The van der Waals surface area contributed by atoms with Crippen LogP contribution in [0.25, 0.3) is 11.0 Å². The molecule has 0 fully saturated rings. The molecule has 0 aliphatic carbocycles. The summed E-state index contributed by atoms with van der Waals surface area (Å²) in [7, 11) is 1.53. The molecule has 0 aliphatic heterocycles. The number of para-hydroxylation sites is 3. The Kier molecular flexibility index (Phi) is 8.91. The van der Waals surface area contributed by atoms with Gasteiger partial charge in [0.15, 0.2) is 0 Å². The first kappa shape index (κ1) is 22.8. The summed E-state index contributed by atoms with van der Waals surface area (Å²) in [6.07, 6.45) is 4.91. The molecule has 6 nitrogen and oxygen atoms in total. The fourth-order valence-corrected chi connectivity index (χ4v) is 3.68. The van der Waals surface area contributed by atoms with Gasteiger partial charge in [0.2, 0.25) is 5.91 Å². The molecular formula is C25H33N3O3. The molecule has 0 saturated heterocycles. The highest BCUT2D eigenvalue weighted by atomic mass is 16.5. The van der Waals surface area contributed by atoms with Crippen LogP contribution >= 0.6 is 0 Å². The van der Waals surface area contributed by atoms with Crippen molar-refractivity contribution in [3.63, 3.8) is 0 Å². The second kappa shape index (κ2) is 12.1. The van der Waals surface area contributed by atoms with E-state index in [9.17, 15) is 4.79 Å². The van der Waals surface area contributed by atoms with Crippen molar-refractivity contribution in [2.24, 2.45) is 0 Å². The number of nitrogens with one attached hydrogen (secondary N) is 1. The van der Waals surface area contributed by atoms with Crippen molar-refractivity contribution in [1.82, 2.24) is 14.9 Å². The van der Waals surface area contributed by atoms with Gasteiger partial charge in [-0.1, -0.05) is 36.8 Å². The number of amides is 1. The zero-order valence-corrected chi connectivity index (χ0v) is 18.6. The molecule has 0 bridgehead atoms. The van der Waals surface area contributed by atoms with E-state index in [0.717, 1.165) is 61.3 Å². The van der Waals surface area contributed by atoms with Gasteiger partial charge in [0.05, 0.1) is 17.6 Å². The molecule has 0 spiro atoms. The monoisotopic (exact) mass is 423 g/mol. The van der Waals surface area contributed by atoms with Crippen LogP contribution in [-0.4, -0.2) is 42.3 Å². The van der Waals surface area contributed by atoms with Crippen molar-refractivity contribution in [3.8, 4) is 5.75 Å². The number of hydrogen-bond acceptors (Lipinski definition) is 4.